The Balaban J connectivity index is 1.50. The van der Waals surface area contributed by atoms with Crippen molar-refractivity contribution in [3.05, 3.63) is 64.2 Å². The van der Waals surface area contributed by atoms with E-state index in [9.17, 15) is 14.9 Å². The number of nitro benzene ring substituents is 1. The number of non-ortho nitro benzene ring substituents is 1. The van der Waals surface area contributed by atoms with E-state index in [0.29, 0.717) is 26.1 Å². The Kier molecular flexibility index (Phi) is 7.07. The molecule has 8 heteroatoms. The topological polar surface area (TPSA) is 79.2 Å². The van der Waals surface area contributed by atoms with Crippen LogP contribution in [0.2, 0.25) is 0 Å². The van der Waals surface area contributed by atoms with Crippen LogP contribution in [0.5, 0.6) is 5.75 Å². The molecule has 0 saturated carbocycles. The lowest BCUT2D eigenvalue weighted by Gasteiger charge is -2.43. The Bertz CT molecular complexity index is 1000. The van der Waals surface area contributed by atoms with Gasteiger partial charge in [-0.3, -0.25) is 14.9 Å². The lowest BCUT2D eigenvalue weighted by atomic mass is 9.87. The Labute approximate surface area is 201 Å². The van der Waals surface area contributed by atoms with Crippen LogP contribution in [0.4, 0.5) is 11.4 Å². The van der Waals surface area contributed by atoms with Crippen LogP contribution in [0.15, 0.2) is 48.5 Å². The second-order valence-electron chi connectivity index (χ2n) is 10.2. The smallest absolute Gasteiger partial charge is 0.269 e. The van der Waals surface area contributed by atoms with Crippen LogP contribution in [0, 0.1) is 10.1 Å². The summed E-state index contributed by atoms with van der Waals surface area (Å²) in [6.07, 6.45) is 2.59. The lowest BCUT2D eigenvalue weighted by molar-refractivity contribution is -0.384. The fourth-order valence-corrected chi connectivity index (χ4v) is 4.59. The van der Waals surface area contributed by atoms with E-state index >= 15 is 0 Å². The van der Waals surface area contributed by atoms with Gasteiger partial charge in [0.25, 0.3) is 5.69 Å². The summed E-state index contributed by atoms with van der Waals surface area (Å²) in [5.74, 6) is 0.986. The second-order valence-corrected chi connectivity index (χ2v) is 10.2. The fraction of sp³-hybridized carbons (Fsp3) is 0.500. The number of hydrogen-bond donors (Lipinski definition) is 0. The number of nitro groups is 1. The number of likely N-dealkylation sites (tertiary alicyclic amines) is 1. The van der Waals surface area contributed by atoms with Crippen molar-refractivity contribution in [1.82, 2.24) is 9.96 Å². The summed E-state index contributed by atoms with van der Waals surface area (Å²) < 4.78 is 0. The average molecular weight is 467 g/mol. The van der Waals surface area contributed by atoms with Crippen LogP contribution < -0.4 is 9.74 Å². The Morgan fingerprint density at radius 2 is 1.71 bits per heavy atom. The zero-order valence-corrected chi connectivity index (χ0v) is 20.3. The summed E-state index contributed by atoms with van der Waals surface area (Å²) in [5.41, 5.74) is 2.35. The van der Waals surface area contributed by atoms with Crippen LogP contribution in [0.25, 0.3) is 0 Å². The van der Waals surface area contributed by atoms with Crippen molar-refractivity contribution in [2.24, 2.45) is 0 Å². The van der Waals surface area contributed by atoms with E-state index in [1.165, 1.54) is 17.7 Å². The summed E-state index contributed by atoms with van der Waals surface area (Å²) in [7, 11) is 0. The van der Waals surface area contributed by atoms with E-state index in [2.05, 4.69) is 37.8 Å². The molecule has 2 aliphatic heterocycles. The number of piperazine rings is 1. The molecule has 2 heterocycles. The molecule has 2 aromatic rings. The quantitative estimate of drug-likeness (QED) is 0.464. The molecule has 2 aromatic carbocycles. The molecule has 0 spiro atoms. The maximum absolute atomic E-state index is 12.5. The third-order valence-electron chi connectivity index (χ3n) is 6.65. The van der Waals surface area contributed by atoms with E-state index in [1.807, 2.05) is 22.1 Å². The number of carbonyl (C=O) groups excluding carboxylic acids is 1. The zero-order valence-electron chi connectivity index (χ0n) is 20.3. The predicted molar refractivity (Wildman–Crippen MR) is 132 cm³/mol. The van der Waals surface area contributed by atoms with Gasteiger partial charge in [0.05, 0.1) is 17.5 Å². The maximum atomic E-state index is 12.5. The first kappa shape index (κ1) is 24.0. The van der Waals surface area contributed by atoms with Gasteiger partial charge in [-0.15, -0.1) is 5.06 Å². The fourth-order valence-electron chi connectivity index (χ4n) is 4.59. The summed E-state index contributed by atoms with van der Waals surface area (Å²) in [4.78, 5) is 33.6. The van der Waals surface area contributed by atoms with Crippen molar-refractivity contribution in [2.75, 3.05) is 37.6 Å². The zero-order chi connectivity index (χ0) is 24.3. The van der Waals surface area contributed by atoms with E-state index in [1.54, 1.807) is 12.1 Å². The molecule has 1 unspecified atom stereocenters. The van der Waals surface area contributed by atoms with E-state index in [4.69, 9.17) is 4.84 Å². The number of nitrogens with zero attached hydrogens (tertiary/aromatic N) is 4. The summed E-state index contributed by atoms with van der Waals surface area (Å²) in [6.45, 7) is 9.99. The molecule has 2 saturated heterocycles. The molecule has 0 aromatic heterocycles. The summed E-state index contributed by atoms with van der Waals surface area (Å²) >= 11 is 0. The number of piperidine rings is 1. The first-order chi connectivity index (χ1) is 16.2. The molecule has 0 aliphatic carbocycles. The lowest BCUT2D eigenvalue weighted by Crippen LogP contribution is -2.59. The first-order valence-corrected chi connectivity index (χ1v) is 12.0. The van der Waals surface area contributed by atoms with Gasteiger partial charge in [0.15, 0.2) is 0 Å². The van der Waals surface area contributed by atoms with E-state index in [0.717, 1.165) is 37.4 Å². The van der Waals surface area contributed by atoms with Gasteiger partial charge in [0.2, 0.25) is 5.91 Å². The van der Waals surface area contributed by atoms with Gasteiger partial charge in [-0.1, -0.05) is 32.9 Å². The molecular weight excluding hydrogens is 432 g/mol. The van der Waals surface area contributed by atoms with Crippen molar-refractivity contribution in [1.29, 1.82) is 0 Å². The average Bonchev–Trinajstić information content (AvgIpc) is 2.81. The molecule has 2 fully saturated rings. The highest BCUT2D eigenvalue weighted by molar-refractivity contribution is 5.76. The summed E-state index contributed by atoms with van der Waals surface area (Å²) in [6, 6.07) is 14.9. The highest BCUT2D eigenvalue weighted by atomic mass is 16.7. The molecule has 34 heavy (non-hydrogen) atoms. The van der Waals surface area contributed by atoms with E-state index in [-0.39, 0.29) is 28.0 Å². The van der Waals surface area contributed by atoms with Crippen molar-refractivity contribution < 1.29 is 14.6 Å². The normalized spacial score (nSPS) is 19.9. The number of rotatable bonds is 6. The largest absolute Gasteiger partial charge is 0.406 e. The molecule has 1 amide bonds. The molecule has 0 N–H and O–H groups in total. The minimum absolute atomic E-state index is 0.0201. The number of hydrogen-bond acceptors (Lipinski definition) is 6. The number of hydroxylamine groups is 2. The summed E-state index contributed by atoms with van der Waals surface area (Å²) in [5, 5.41) is 13.0. The van der Waals surface area contributed by atoms with Crippen molar-refractivity contribution in [2.45, 2.75) is 51.5 Å². The number of carbonyl (C=O) groups is 1. The number of amides is 1. The Morgan fingerprint density at radius 1 is 1.00 bits per heavy atom. The van der Waals surface area contributed by atoms with Crippen LogP contribution in [0.1, 0.15) is 45.6 Å². The van der Waals surface area contributed by atoms with Gasteiger partial charge in [0.1, 0.15) is 5.75 Å². The molecule has 4 rings (SSSR count). The predicted octanol–water partition coefficient (Wildman–Crippen LogP) is 4.39. The standard InChI is InChI=1S/C26H34N4O4/c1-26(2,3)20-7-13-24(14-8-20)34-29-17-16-27(21-9-11-22(12-10-21)30(32)33)18-23(29)19-28-15-5-4-6-25(28)31/h7-14,23H,4-6,15-19H2,1-3H3. The van der Waals surface area contributed by atoms with Gasteiger partial charge in [-0.25, -0.2) is 0 Å². The third kappa shape index (κ3) is 5.67. The molecule has 1 atom stereocenters. The van der Waals surface area contributed by atoms with Gasteiger partial charge in [0, 0.05) is 50.4 Å². The van der Waals surface area contributed by atoms with Gasteiger partial charge in [-0.2, -0.15) is 0 Å². The SMILES string of the molecule is CC(C)(C)c1ccc(ON2CCN(c3ccc([N+](=O)[O-])cc3)CC2CN2CCCCC2=O)cc1. The highest BCUT2D eigenvalue weighted by Gasteiger charge is 2.32. The molecule has 2 aliphatic rings. The Morgan fingerprint density at radius 3 is 2.32 bits per heavy atom. The third-order valence-corrected chi connectivity index (χ3v) is 6.65. The van der Waals surface area contributed by atoms with Crippen LogP contribution >= 0.6 is 0 Å². The van der Waals surface area contributed by atoms with Gasteiger partial charge in [-0.05, 0) is 48.1 Å². The molecule has 8 nitrogen and oxygen atoms in total. The van der Waals surface area contributed by atoms with Crippen LogP contribution in [0.3, 0.4) is 0 Å². The van der Waals surface area contributed by atoms with E-state index < -0.39 is 0 Å². The Hall–Kier alpha value is -3.13. The van der Waals surface area contributed by atoms with Gasteiger partial charge < -0.3 is 14.6 Å². The molecule has 0 bridgehead atoms. The van der Waals surface area contributed by atoms with Crippen molar-refractivity contribution in [3.63, 3.8) is 0 Å². The minimum Gasteiger partial charge on any atom is -0.406 e. The van der Waals surface area contributed by atoms with Gasteiger partial charge >= 0.3 is 0 Å². The number of benzene rings is 2. The highest BCUT2D eigenvalue weighted by Crippen LogP contribution is 2.27. The minimum atomic E-state index is -0.384. The van der Waals surface area contributed by atoms with Crippen LogP contribution in [-0.4, -0.2) is 59.6 Å². The molecule has 182 valence electrons. The molecule has 0 radical (unpaired) electrons. The van der Waals surface area contributed by atoms with Crippen molar-refractivity contribution >= 4 is 17.3 Å². The maximum Gasteiger partial charge on any atom is 0.269 e. The molecular formula is C26H34N4O4. The second kappa shape index (κ2) is 10.0. The monoisotopic (exact) mass is 466 g/mol. The number of anilines is 1. The van der Waals surface area contributed by atoms with Crippen LogP contribution in [-0.2, 0) is 10.2 Å². The first-order valence-electron chi connectivity index (χ1n) is 12.0. The van der Waals surface area contributed by atoms with Crippen molar-refractivity contribution in [3.8, 4) is 5.75 Å².